The minimum atomic E-state index is -2.28. The van der Waals surface area contributed by atoms with Crippen LogP contribution in [0.2, 0.25) is 0 Å². The first-order valence-electron chi connectivity index (χ1n) is 19.8. The van der Waals surface area contributed by atoms with Gasteiger partial charge in [0.2, 0.25) is 22.8 Å². The molecule has 0 spiro atoms. The molecule has 51 heavy (non-hydrogen) atoms. The van der Waals surface area contributed by atoms with Crippen molar-refractivity contribution in [2.24, 2.45) is 5.92 Å². The second kappa shape index (κ2) is 11.6. The predicted octanol–water partition coefficient (Wildman–Crippen LogP) is 10.1. The molecule has 2 aliphatic heterocycles. The highest BCUT2D eigenvalue weighted by Crippen LogP contribution is 2.41. The molecule has 2 aliphatic rings. The van der Waals surface area contributed by atoms with Crippen molar-refractivity contribution >= 4 is 44.1 Å². The molecule has 6 heteroatoms. The monoisotopic (exact) mass is 676 g/mol. The number of nitrogens with zero attached hydrogens (tertiary/aromatic N) is 4. The lowest BCUT2D eigenvalue weighted by Gasteiger charge is -2.08. The van der Waals surface area contributed by atoms with Crippen LogP contribution in [0.5, 0.6) is 0 Å². The van der Waals surface area contributed by atoms with Gasteiger partial charge < -0.3 is 8.83 Å². The number of aromatic nitrogens is 4. The Kier molecular flexibility index (Phi) is 6.22. The number of pyridine rings is 4. The molecule has 0 unspecified atom stereocenters. The summed E-state index contributed by atoms with van der Waals surface area (Å²) in [6.07, 6.45) is 5.14. The topological polar surface area (TPSA) is 59.8 Å². The van der Waals surface area contributed by atoms with Gasteiger partial charge >= 0.3 is 0 Å². The predicted molar refractivity (Wildman–Crippen MR) is 204 cm³/mol. The quantitative estimate of drug-likeness (QED) is 0.175. The lowest BCUT2D eigenvalue weighted by Crippen LogP contribution is -2.33. The maximum absolute atomic E-state index is 8.52. The number of hydrogen-bond donors (Lipinski definition) is 0. The number of furan rings is 2. The fraction of sp³-hybridized carbons (Fsp3) is 0.289. The molecule has 0 fully saturated rings. The molecule has 8 heterocycles. The lowest BCUT2D eigenvalue weighted by atomic mass is 9.96. The molecule has 6 nitrogen and oxygen atoms in total. The van der Waals surface area contributed by atoms with Gasteiger partial charge in [0.15, 0.2) is 36.6 Å². The van der Waals surface area contributed by atoms with E-state index in [0.29, 0.717) is 23.7 Å². The number of rotatable bonds is 3. The van der Waals surface area contributed by atoms with Crippen LogP contribution in [0.3, 0.4) is 0 Å². The zero-order chi connectivity index (χ0) is 38.7. The number of benzene rings is 2. The van der Waals surface area contributed by atoms with Crippen LogP contribution in [0.25, 0.3) is 66.7 Å². The molecule has 254 valence electrons. The van der Waals surface area contributed by atoms with Gasteiger partial charge in [-0.15, -0.1) is 0 Å². The van der Waals surface area contributed by atoms with Gasteiger partial charge in [-0.25, -0.2) is 9.97 Å². The third kappa shape index (κ3) is 5.06. The first-order chi connectivity index (χ1) is 26.0. The Labute approximate surface area is 304 Å². The Morgan fingerprint density at radius 3 is 1.75 bits per heavy atom. The highest BCUT2D eigenvalue weighted by atomic mass is 16.3. The van der Waals surface area contributed by atoms with Crippen molar-refractivity contribution in [2.45, 2.75) is 80.7 Å². The van der Waals surface area contributed by atoms with E-state index in [4.69, 9.17) is 14.3 Å². The van der Waals surface area contributed by atoms with Crippen LogP contribution in [0.1, 0.15) is 83.8 Å². The number of aryl methyl sites for hydroxylation is 4. The fourth-order valence-electron chi connectivity index (χ4n) is 7.99. The van der Waals surface area contributed by atoms with Gasteiger partial charge in [0.25, 0.3) is 0 Å². The minimum absolute atomic E-state index is 0.229. The molecule has 2 aromatic carbocycles. The number of fused-ring (bicyclic) bond motifs is 14. The van der Waals surface area contributed by atoms with E-state index in [2.05, 4.69) is 77.9 Å². The molecule has 6 aromatic heterocycles. The largest absolute Gasteiger partial charge is 0.437 e. The highest BCUT2D eigenvalue weighted by Gasteiger charge is 2.33. The Morgan fingerprint density at radius 2 is 1.22 bits per heavy atom. The van der Waals surface area contributed by atoms with Crippen LogP contribution >= 0.6 is 0 Å². The first-order valence-corrected chi connectivity index (χ1v) is 17.8. The molecule has 0 N–H and O–H groups in total. The Balaban J connectivity index is 0.000000145. The van der Waals surface area contributed by atoms with Crippen LogP contribution in [-0.4, -0.2) is 9.97 Å². The summed E-state index contributed by atoms with van der Waals surface area (Å²) in [6, 6.07) is 20.9. The van der Waals surface area contributed by atoms with Gasteiger partial charge in [-0.3, -0.25) is 0 Å². The average Bonchev–Trinajstić information content (AvgIpc) is 3.85. The molecule has 10 rings (SSSR count). The van der Waals surface area contributed by atoms with Crippen molar-refractivity contribution in [3.63, 3.8) is 0 Å². The van der Waals surface area contributed by atoms with Crippen molar-refractivity contribution < 1.29 is 23.5 Å². The summed E-state index contributed by atoms with van der Waals surface area (Å²) >= 11 is 0. The third-order valence-corrected chi connectivity index (χ3v) is 10.5. The maximum atomic E-state index is 8.52. The molecule has 0 atom stereocenters. The standard InChI is InChI=1S/C23H23N2O.C22H21N2O/c1-13(2)9-17-12-25-11-16-6-8-18-19-7-5-15(4)24-23(19)26-22(18)21(16)20(25)10-14(17)3;1-12(2)18-9-19-20-15(11-24(19)10-13(18)3)6-8-16-17-7-5-14(4)23-22(17)25-21(16)20/h5-8,10,12-13H,9,11H2,1-4H3;5-10,12H,11H2,1-4H3/q2*+1/i;3D3,12D. The van der Waals surface area contributed by atoms with E-state index in [-0.39, 0.29) is 5.56 Å². The van der Waals surface area contributed by atoms with Crippen molar-refractivity contribution in [3.8, 4) is 22.5 Å². The highest BCUT2D eigenvalue weighted by molar-refractivity contribution is 6.10. The van der Waals surface area contributed by atoms with E-state index < -0.39 is 12.7 Å². The van der Waals surface area contributed by atoms with Gasteiger partial charge in [-0.05, 0) is 93.4 Å². The van der Waals surface area contributed by atoms with E-state index in [1.54, 1.807) is 20.0 Å². The Hall–Kier alpha value is -5.36. The summed E-state index contributed by atoms with van der Waals surface area (Å²) in [5, 5.41) is 4.21. The third-order valence-electron chi connectivity index (χ3n) is 10.5. The van der Waals surface area contributed by atoms with Crippen LogP contribution in [0, 0.1) is 33.5 Å². The summed E-state index contributed by atoms with van der Waals surface area (Å²) in [6.45, 7) is 13.4. The second-order valence-corrected chi connectivity index (χ2v) is 15.0. The van der Waals surface area contributed by atoms with Crippen LogP contribution in [0.4, 0.5) is 0 Å². The summed E-state index contributed by atoms with van der Waals surface area (Å²) in [7, 11) is 0. The Bertz CT molecular complexity index is 2900. The summed E-state index contributed by atoms with van der Waals surface area (Å²) in [4.78, 5) is 9.10. The fourth-order valence-corrected chi connectivity index (χ4v) is 7.99. The maximum Gasteiger partial charge on any atom is 0.227 e. The molecular weight excluding hydrogens is 629 g/mol. The molecule has 8 aromatic rings. The lowest BCUT2D eigenvalue weighted by molar-refractivity contribution is -0.672. The van der Waals surface area contributed by atoms with E-state index in [1.165, 1.54) is 27.9 Å². The molecule has 0 bridgehead atoms. The van der Waals surface area contributed by atoms with Crippen molar-refractivity contribution in [3.05, 3.63) is 118 Å². The van der Waals surface area contributed by atoms with Crippen LogP contribution in [-0.2, 0) is 19.5 Å². The van der Waals surface area contributed by atoms with E-state index >= 15 is 0 Å². The second-order valence-electron chi connectivity index (χ2n) is 15.0. The molecule has 0 radical (unpaired) electrons. The van der Waals surface area contributed by atoms with Gasteiger partial charge in [0.05, 0.1) is 11.1 Å². The van der Waals surface area contributed by atoms with Crippen molar-refractivity contribution in [1.82, 2.24) is 9.97 Å². The molecule has 0 aliphatic carbocycles. The minimum Gasteiger partial charge on any atom is -0.437 e. The van der Waals surface area contributed by atoms with Crippen LogP contribution < -0.4 is 9.13 Å². The number of hydrogen-bond acceptors (Lipinski definition) is 4. The van der Waals surface area contributed by atoms with Crippen LogP contribution in [0.15, 0.2) is 81.9 Å². The SMILES string of the molecule is Cc1ccc2c(n1)oc1c3c(ccc12)C[n+]1cc(CC(C)C)c(C)cc1-3.[2H]C([2H])([2H])c1c[n+]2c(cc1C([2H])(C)C)-c1c(ccc3c1oc1nc(C)ccc13)C2. The van der Waals surface area contributed by atoms with Gasteiger partial charge in [-0.1, -0.05) is 39.8 Å². The van der Waals surface area contributed by atoms with Gasteiger partial charge in [0, 0.05) is 72.8 Å². The van der Waals surface area contributed by atoms with E-state index in [1.807, 2.05) is 42.7 Å². The first kappa shape index (κ1) is 27.4. The summed E-state index contributed by atoms with van der Waals surface area (Å²) in [5.41, 5.74) is 15.2. The normalized spacial score (nSPS) is 14.6. The van der Waals surface area contributed by atoms with E-state index in [9.17, 15) is 0 Å². The zero-order valence-corrected chi connectivity index (χ0v) is 30.2. The Morgan fingerprint density at radius 1 is 0.686 bits per heavy atom. The van der Waals surface area contributed by atoms with Crippen molar-refractivity contribution in [1.29, 1.82) is 0 Å². The molecule has 0 saturated carbocycles. The summed E-state index contributed by atoms with van der Waals surface area (Å²) < 4.78 is 49.1. The molecular formula is C45H44N4O2+2. The van der Waals surface area contributed by atoms with Gasteiger partial charge in [-0.2, -0.15) is 9.13 Å². The van der Waals surface area contributed by atoms with Gasteiger partial charge in [0.1, 0.15) is 0 Å². The average molecular weight is 677 g/mol. The zero-order valence-electron chi connectivity index (χ0n) is 34.2. The van der Waals surface area contributed by atoms with E-state index in [0.717, 1.165) is 79.6 Å². The summed E-state index contributed by atoms with van der Waals surface area (Å²) in [5.74, 6) is -0.379. The molecule has 0 amide bonds. The van der Waals surface area contributed by atoms with Crippen molar-refractivity contribution in [2.75, 3.05) is 0 Å². The smallest absolute Gasteiger partial charge is 0.227 e. The molecule has 0 saturated heterocycles.